The molecule has 1 N–H and O–H groups in total. The second-order valence-corrected chi connectivity index (χ2v) is 8.28. The van der Waals surface area contributed by atoms with Crippen LogP contribution in [0.4, 0.5) is 0 Å². The van der Waals surface area contributed by atoms with Crippen LogP contribution in [0, 0.1) is 13.8 Å². The second-order valence-electron chi connectivity index (χ2n) is 7.22. The van der Waals surface area contributed by atoms with Gasteiger partial charge in [0.1, 0.15) is 0 Å². The lowest BCUT2D eigenvalue weighted by Crippen LogP contribution is -2.04. The van der Waals surface area contributed by atoms with Gasteiger partial charge in [-0.25, -0.2) is 0 Å². The molecule has 0 radical (unpaired) electrons. The molecule has 0 atom stereocenters. The Morgan fingerprint density at radius 3 is 2.64 bits per heavy atom. The predicted octanol–water partition coefficient (Wildman–Crippen LogP) is 5.98. The number of hydrogen-bond acceptors (Lipinski definition) is 3. The normalized spacial score (nSPS) is 11.4. The van der Waals surface area contributed by atoms with E-state index in [0.717, 1.165) is 28.8 Å². The average Bonchev–Trinajstić information content (AvgIpc) is 3.23. The van der Waals surface area contributed by atoms with E-state index in [1.165, 1.54) is 40.6 Å². The third-order valence-electron chi connectivity index (χ3n) is 5.20. The van der Waals surface area contributed by atoms with Crippen LogP contribution in [0.5, 0.6) is 0 Å². The topological polar surface area (TPSA) is 46.5 Å². The van der Waals surface area contributed by atoms with E-state index in [4.69, 9.17) is 0 Å². The van der Waals surface area contributed by atoms with Gasteiger partial charge in [-0.1, -0.05) is 55.4 Å². The molecule has 4 aromatic rings. The highest BCUT2D eigenvalue weighted by molar-refractivity contribution is 7.99. The number of unbranched alkanes of at least 4 members (excludes halogenated alkanes) is 1. The minimum atomic E-state index is 0.779. The molecule has 5 heteroatoms. The van der Waals surface area contributed by atoms with E-state index in [1.807, 2.05) is 0 Å². The Kier molecular flexibility index (Phi) is 5.53. The first-order chi connectivity index (χ1) is 13.7. The molecule has 0 unspecified atom stereocenters. The van der Waals surface area contributed by atoms with Gasteiger partial charge in [-0.15, -0.1) is 10.2 Å². The summed E-state index contributed by atoms with van der Waals surface area (Å²) in [6.07, 6.45) is 2.38. The number of fused-ring (bicyclic) bond motifs is 1. The van der Waals surface area contributed by atoms with Crippen LogP contribution in [-0.4, -0.2) is 25.5 Å². The maximum absolute atomic E-state index is 4.59. The molecule has 0 fully saturated rings. The van der Waals surface area contributed by atoms with Crippen LogP contribution in [0.1, 0.15) is 36.6 Å². The lowest BCUT2D eigenvalue weighted by molar-refractivity contribution is 0.713. The maximum atomic E-state index is 4.59. The summed E-state index contributed by atoms with van der Waals surface area (Å²) in [4.78, 5) is 3.45. The maximum Gasteiger partial charge on any atom is 0.191 e. The first-order valence-corrected chi connectivity index (χ1v) is 10.8. The molecular weight excluding hydrogens is 364 g/mol. The van der Waals surface area contributed by atoms with Crippen molar-refractivity contribution in [3.8, 4) is 11.4 Å². The average molecular weight is 391 g/mol. The van der Waals surface area contributed by atoms with Gasteiger partial charge in [0.25, 0.3) is 0 Å². The highest BCUT2D eigenvalue weighted by Crippen LogP contribution is 2.30. The Balaban J connectivity index is 1.76. The van der Waals surface area contributed by atoms with Crippen molar-refractivity contribution in [2.24, 2.45) is 0 Å². The highest BCUT2D eigenvalue weighted by Gasteiger charge is 2.16. The predicted molar refractivity (Wildman–Crippen MR) is 118 cm³/mol. The Hall–Kier alpha value is -2.53. The molecule has 2 aromatic heterocycles. The Morgan fingerprint density at radius 2 is 1.86 bits per heavy atom. The van der Waals surface area contributed by atoms with Gasteiger partial charge >= 0.3 is 0 Å². The number of H-pyrrole nitrogens is 1. The number of aromatic nitrogens is 4. The minimum Gasteiger partial charge on any atom is -0.358 e. The Morgan fingerprint density at radius 1 is 1.04 bits per heavy atom. The summed E-state index contributed by atoms with van der Waals surface area (Å²) in [6.45, 7) is 7.28. The summed E-state index contributed by atoms with van der Waals surface area (Å²) in [7, 11) is 0. The van der Waals surface area contributed by atoms with Crippen molar-refractivity contribution < 1.29 is 0 Å². The molecule has 4 nitrogen and oxygen atoms in total. The monoisotopic (exact) mass is 390 g/mol. The van der Waals surface area contributed by atoms with Crippen molar-refractivity contribution in [3.63, 3.8) is 0 Å². The van der Waals surface area contributed by atoms with Gasteiger partial charge in [0.05, 0.1) is 6.54 Å². The van der Waals surface area contributed by atoms with Crippen LogP contribution < -0.4 is 0 Å². The van der Waals surface area contributed by atoms with Crippen molar-refractivity contribution >= 4 is 22.7 Å². The van der Waals surface area contributed by atoms with E-state index >= 15 is 0 Å². The standard InChI is InChI=1S/C23H26N4S/c1-4-5-13-28-23-26-25-22(27(23)15-18-9-7-6-8-10-18)19-11-12-21-20(14-19)16(2)17(3)24-21/h6-12,14,24H,4-5,13,15H2,1-3H3. The van der Waals surface area contributed by atoms with E-state index < -0.39 is 0 Å². The molecule has 0 spiro atoms. The van der Waals surface area contributed by atoms with Gasteiger partial charge in [-0.2, -0.15) is 0 Å². The van der Waals surface area contributed by atoms with Gasteiger partial charge in [0, 0.05) is 27.9 Å². The summed E-state index contributed by atoms with van der Waals surface area (Å²) in [5.41, 5.74) is 6.05. The summed E-state index contributed by atoms with van der Waals surface area (Å²) in [6, 6.07) is 17.1. The summed E-state index contributed by atoms with van der Waals surface area (Å²) >= 11 is 1.80. The van der Waals surface area contributed by atoms with Gasteiger partial charge in [0.15, 0.2) is 11.0 Å². The van der Waals surface area contributed by atoms with E-state index in [1.54, 1.807) is 11.8 Å². The second kappa shape index (κ2) is 8.23. The van der Waals surface area contributed by atoms with Crippen LogP contribution >= 0.6 is 11.8 Å². The molecule has 0 saturated carbocycles. The van der Waals surface area contributed by atoms with E-state index in [0.29, 0.717) is 0 Å². The van der Waals surface area contributed by atoms with Crippen molar-refractivity contribution in [3.05, 3.63) is 65.4 Å². The van der Waals surface area contributed by atoms with E-state index in [-0.39, 0.29) is 0 Å². The number of rotatable bonds is 7. The molecule has 0 amide bonds. The van der Waals surface area contributed by atoms with Gasteiger partial charge in [-0.05, 0) is 49.6 Å². The Bertz CT molecular complexity index is 1080. The van der Waals surface area contributed by atoms with Crippen molar-refractivity contribution in [1.82, 2.24) is 19.7 Å². The SMILES string of the molecule is CCCCSc1nnc(-c2ccc3[nH]c(C)c(C)c3c2)n1Cc1ccccc1. The zero-order valence-electron chi connectivity index (χ0n) is 16.7. The van der Waals surface area contributed by atoms with Crippen molar-refractivity contribution in [2.75, 3.05) is 5.75 Å². The van der Waals surface area contributed by atoms with Crippen molar-refractivity contribution in [2.45, 2.75) is 45.3 Å². The van der Waals surface area contributed by atoms with Gasteiger partial charge < -0.3 is 4.98 Å². The fourth-order valence-corrected chi connectivity index (χ4v) is 4.45. The molecular formula is C23H26N4S. The zero-order valence-corrected chi connectivity index (χ0v) is 17.5. The number of benzene rings is 2. The lowest BCUT2D eigenvalue weighted by Gasteiger charge is -2.11. The number of hydrogen-bond donors (Lipinski definition) is 1. The first kappa shape index (κ1) is 18.8. The molecule has 4 rings (SSSR count). The number of thioether (sulfide) groups is 1. The molecule has 2 aromatic carbocycles. The van der Waals surface area contributed by atoms with Gasteiger partial charge in [-0.3, -0.25) is 4.57 Å². The fraction of sp³-hybridized carbons (Fsp3) is 0.304. The fourth-order valence-electron chi connectivity index (χ4n) is 3.43. The molecule has 0 aliphatic carbocycles. The van der Waals surface area contributed by atoms with Crippen LogP contribution in [0.25, 0.3) is 22.3 Å². The number of aryl methyl sites for hydroxylation is 2. The highest BCUT2D eigenvalue weighted by atomic mass is 32.2. The van der Waals surface area contributed by atoms with Crippen LogP contribution in [0.15, 0.2) is 53.7 Å². The lowest BCUT2D eigenvalue weighted by atomic mass is 10.1. The molecule has 144 valence electrons. The first-order valence-electron chi connectivity index (χ1n) is 9.86. The third kappa shape index (κ3) is 3.72. The minimum absolute atomic E-state index is 0.779. The van der Waals surface area contributed by atoms with E-state index in [2.05, 4.69) is 89.1 Å². The zero-order chi connectivity index (χ0) is 19.5. The molecule has 0 saturated heterocycles. The van der Waals surface area contributed by atoms with E-state index in [9.17, 15) is 0 Å². The number of nitrogens with one attached hydrogen (secondary N) is 1. The molecule has 0 bridgehead atoms. The number of nitrogens with zero attached hydrogens (tertiary/aromatic N) is 3. The molecule has 28 heavy (non-hydrogen) atoms. The van der Waals surface area contributed by atoms with Crippen LogP contribution in [0.2, 0.25) is 0 Å². The Labute approximate surface area is 170 Å². The molecule has 0 aliphatic rings. The summed E-state index contributed by atoms with van der Waals surface area (Å²) in [5, 5.41) is 11.4. The van der Waals surface area contributed by atoms with Crippen molar-refractivity contribution in [1.29, 1.82) is 0 Å². The quantitative estimate of drug-likeness (QED) is 0.312. The largest absolute Gasteiger partial charge is 0.358 e. The molecule has 2 heterocycles. The third-order valence-corrected chi connectivity index (χ3v) is 6.25. The summed E-state index contributed by atoms with van der Waals surface area (Å²) in [5.74, 6) is 2.00. The van der Waals surface area contributed by atoms with Crippen LogP contribution in [-0.2, 0) is 6.54 Å². The molecule has 0 aliphatic heterocycles. The smallest absolute Gasteiger partial charge is 0.191 e. The van der Waals surface area contributed by atoms with Crippen LogP contribution in [0.3, 0.4) is 0 Å². The van der Waals surface area contributed by atoms with Gasteiger partial charge in [0.2, 0.25) is 0 Å². The number of aromatic amines is 1. The summed E-state index contributed by atoms with van der Waals surface area (Å²) < 4.78 is 2.26.